The summed E-state index contributed by atoms with van der Waals surface area (Å²) in [5, 5.41) is 0. The number of aromatic amines is 1. The third-order valence-electron chi connectivity index (χ3n) is 3.20. The number of amides is 1. The largest absolute Gasteiger partial charge is 0.393 e. The number of nitrogen functional groups attached to an aromatic ring is 1. The van der Waals surface area contributed by atoms with Crippen molar-refractivity contribution in [2.75, 3.05) is 39.0 Å². The molecule has 8 heteroatoms. The van der Waals surface area contributed by atoms with Crippen molar-refractivity contribution in [3.8, 4) is 0 Å². The van der Waals surface area contributed by atoms with Crippen LogP contribution in [0.25, 0.3) is 0 Å². The third kappa shape index (κ3) is 3.02. The standard InChI is InChI=1S/C11H17N5O3/c1-14-2-4-15(5-3-14)9(17)7-16-6-8(12)10(18)13-11(16)19/h6H,2-5,7,12H2,1H3,(H,13,18,19). The van der Waals surface area contributed by atoms with Gasteiger partial charge in [0.1, 0.15) is 12.2 Å². The zero-order valence-corrected chi connectivity index (χ0v) is 10.8. The average molecular weight is 267 g/mol. The number of hydrogen-bond donors (Lipinski definition) is 2. The Morgan fingerprint density at radius 3 is 2.58 bits per heavy atom. The molecule has 3 N–H and O–H groups in total. The van der Waals surface area contributed by atoms with E-state index in [2.05, 4.69) is 9.88 Å². The first-order valence-corrected chi connectivity index (χ1v) is 6.03. The number of piperazine rings is 1. The van der Waals surface area contributed by atoms with Crippen LogP contribution in [0.3, 0.4) is 0 Å². The molecule has 0 unspecified atom stereocenters. The maximum atomic E-state index is 12.0. The Morgan fingerprint density at radius 2 is 1.95 bits per heavy atom. The Morgan fingerprint density at radius 1 is 1.32 bits per heavy atom. The van der Waals surface area contributed by atoms with E-state index in [0.717, 1.165) is 17.7 Å². The molecule has 1 aromatic heterocycles. The van der Waals surface area contributed by atoms with Crippen molar-refractivity contribution < 1.29 is 4.79 Å². The van der Waals surface area contributed by atoms with Gasteiger partial charge in [0.05, 0.1) is 0 Å². The zero-order chi connectivity index (χ0) is 14.0. The molecule has 0 atom stereocenters. The molecule has 1 amide bonds. The lowest BCUT2D eigenvalue weighted by Crippen LogP contribution is -2.48. The van der Waals surface area contributed by atoms with E-state index in [1.807, 2.05) is 7.05 Å². The minimum Gasteiger partial charge on any atom is -0.393 e. The average Bonchev–Trinajstić information content (AvgIpc) is 2.36. The maximum absolute atomic E-state index is 12.0. The molecule has 0 aliphatic carbocycles. The number of nitrogens with zero attached hydrogens (tertiary/aromatic N) is 3. The molecule has 1 aromatic rings. The Kier molecular flexibility index (Phi) is 3.70. The second kappa shape index (κ2) is 5.27. The summed E-state index contributed by atoms with van der Waals surface area (Å²) >= 11 is 0. The number of rotatable bonds is 2. The van der Waals surface area contributed by atoms with Gasteiger partial charge in [0.25, 0.3) is 5.56 Å². The van der Waals surface area contributed by atoms with Gasteiger partial charge in [-0.1, -0.05) is 0 Å². The molecule has 1 saturated heterocycles. The van der Waals surface area contributed by atoms with Gasteiger partial charge < -0.3 is 15.5 Å². The van der Waals surface area contributed by atoms with Gasteiger partial charge in [-0.05, 0) is 7.05 Å². The molecule has 19 heavy (non-hydrogen) atoms. The van der Waals surface area contributed by atoms with Gasteiger partial charge in [-0.15, -0.1) is 0 Å². The molecule has 2 heterocycles. The van der Waals surface area contributed by atoms with Gasteiger partial charge in [-0.3, -0.25) is 19.1 Å². The summed E-state index contributed by atoms with van der Waals surface area (Å²) in [5.74, 6) is -0.151. The number of aromatic nitrogens is 2. The number of hydrogen-bond acceptors (Lipinski definition) is 5. The number of likely N-dealkylation sites (N-methyl/N-ethyl adjacent to an activating group) is 1. The molecule has 8 nitrogen and oxygen atoms in total. The van der Waals surface area contributed by atoms with Crippen molar-refractivity contribution in [2.24, 2.45) is 0 Å². The normalized spacial score (nSPS) is 16.6. The molecule has 0 bridgehead atoms. The Balaban J connectivity index is 2.09. The first-order valence-electron chi connectivity index (χ1n) is 6.03. The van der Waals surface area contributed by atoms with Crippen molar-refractivity contribution in [3.05, 3.63) is 27.0 Å². The first kappa shape index (κ1) is 13.3. The van der Waals surface area contributed by atoms with Crippen molar-refractivity contribution in [2.45, 2.75) is 6.54 Å². The highest BCUT2D eigenvalue weighted by molar-refractivity contribution is 5.76. The molecule has 1 fully saturated rings. The summed E-state index contributed by atoms with van der Waals surface area (Å²) in [6, 6.07) is 0. The van der Waals surface area contributed by atoms with Crippen LogP contribution in [0, 0.1) is 0 Å². The van der Waals surface area contributed by atoms with Gasteiger partial charge in [0.15, 0.2) is 0 Å². The van der Waals surface area contributed by atoms with E-state index in [1.54, 1.807) is 4.90 Å². The predicted octanol–water partition coefficient (Wildman–Crippen LogP) is -2.11. The minimum atomic E-state index is -0.631. The summed E-state index contributed by atoms with van der Waals surface area (Å²) in [6.45, 7) is 2.80. The Bertz CT molecular complexity index is 583. The summed E-state index contributed by atoms with van der Waals surface area (Å²) in [4.78, 5) is 40.6. The SMILES string of the molecule is CN1CCN(C(=O)Cn2cc(N)c(=O)[nH]c2=O)CC1. The molecule has 1 aliphatic rings. The van der Waals surface area contributed by atoms with E-state index in [-0.39, 0.29) is 18.1 Å². The van der Waals surface area contributed by atoms with Crippen LogP contribution in [-0.2, 0) is 11.3 Å². The Labute approximate surface area is 109 Å². The first-order chi connectivity index (χ1) is 8.97. The highest BCUT2D eigenvalue weighted by atomic mass is 16.2. The maximum Gasteiger partial charge on any atom is 0.328 e. The Hall–Kier alpha value is -2.09. The van der Waals surface area contributed by atoms with Gasteiger partial charge in [0.2, 0.25) is 5.91 Å². The summed E-state index contributed by atoms with van der Waals surface area (Å²) < 4.78 is 1.12. The molecule has 0 saturated carbocycles. The lowest BCUT2D eigenvalue weighted by Gasteiger charge is -2.32. The van der Waals surface area contributed by atoms with Crippen LogP contribution < -0.4 is 17.0 Å². The monoisotopic (exact) mass is 267 g/mol. The van der Waals surface area contributed by atoms with Crippen LogP contribution in [-0.4, -0.2) is 58.5 Å². The highest BCUT2D eigenvalue weighted by Crippen LogP contribution is 2.01. The molecule has 104 valence electrons. The lowest BCUT2D eigenvalue weighted by molar-refractivity contribution is -0.133. The van der Waals surface area contributed by atoms with E-state index < -0.39 is 11.2 Å². The predicted molar refractivity (Wildman–Crippen MR) is 69.8 cm³/mol. The van der Waals surface area contributed by atoms with E-state index in [9.17, 15) is 14.4 Å². The van der Waals surface area contributed by atoms with E-state index in [4.69, 9.17) is 5.73 Å². The van der Waals surface area contributed by atoms with Crippen LogP contribution in [0.2, 0.25) is 0 Å². The van der Waals surface area contributed by atoms with Crippen LogP contribution in [0.15, 0.2) is 15.8 Å². The molecule has 0 spiro atoms. The zero-order valence-electron chi connectivity index (χ0n) is 10.8. The van der Waals surface area contributed by atoms with Crippen LogP contribution in [0.4, 0.5) is 5.69 Å². The van der Waals surface area contributed by atoms with Gasteiger partial charge >= 0.3 is 5.69 Å². The van der Waals surface area contributed by atoms with E-state index in [1.165, 1.54) is 6.20 Å². The summed E-state index contributed by atoms with van der Waals surface area (Å²) in [5.41, 5.74) is 4.09. The van der Waals surface area contributed by atoms with Gasteiger partial charge in [-0.2, -0.15) is 0 Å². The smallest absolute Gasteiger partial charge is 0.328 e. The van der Waals surface area contributed by atoms with E-state index in [0.29, 0.717) is 13.1 Å². The van der Waals surface area contributed by atoms with Crippen LogP contribution in [0.1, 0.15) is 0 Å². The van der Waals surface area contributed by atoms with Crippen molar-refractivity contribution in [1.82, 2.24) is 19.4 Å². The number of H-pyrrole nitrogens is 1. The molecular weight excluding hydrogens is 250 g/mol. The lowest BCUT2D eigenvalue weighted by atomic mass is 10.3. The number of nitrogens with one attached hydrogen (secondary N) is 1. The van der Waals surface area contributed by atoms with Gasteiger partial charge in [0, 0.05) is 32.4 Å². The number of anilines is 1. The molecular formula is C11H17N5O3. The molecule has 0 radical (unpaired) electrons. The van der Waals surface area contributed by atoms with E-state index >= 15 is 0 Å². The topological polar surface area (TPSA) is 104 Å². The number of nitrogens with two attached hydrogens (primary N) is 1. The summed E-state index contributed by atoms with van der Waals surface area (Å²) in [6.07, 6.45) is 1.20. The second-order valence-corrected chi connectivity index (χ2v) is 4.66. The highest BCUT2D eigenvalue weighted by Gasteiger charge is 2.19. The molecule has 0 aromatic carbocycles. The van der Waals surface area contributed by atoms with Crippen LogP contribution in [0.5, 0.6) is 0 Å². The number of carbonyl (C=O) groups is 1. The summed E-state index contributed by atoms with van der Waals surface area (Å²) in [7, 11) is 1.99. The molecule has 1 aliphatic heterocycles. The fourth-order valence-corrected chi connectivity index (χ4v) is 1.95. The fourth-order valence-electron chi connectivity index (χ4n) is 1.95. The quantitative estimate of drug-likeness (QED) is 0.638. The van der Waals surface area contributed by atoms with Crippen LogP contribution >= 0.6 is 0 Å². The fraction of sp³-hybridized carbons (Fsp3) is 0.545. The second-order valence-electron chi connectivity index (χ2n) is 4.66. The minimum absolute atomic E-state index is 0.0780. The van der Waals surface area contributed by atoms with Crippen molar-refractivity contribution >= 4 is 11.6 Å². The molecule has 2 rings (SSSR count). The van der Waals surface area contributed by atoms with Crippen molar-refractivity contribution in [1.29, 1.82) is 0 Å². The number of carbonyl (C=O) groups excluding carboxylic acids is 1. The van der Waals surface area contributed by atoms with Crippen molar-refractivity contribution in [3.63, 3.8) is 0 Å². The third-order valence-corrected chi connectivity index (χ3v) is 3.20. The van der Waals surface area contributed by atoms with Gasteiger partial charge in [-0.25, -0.2) is 4.79 Å².